The van der Waals surface area contributed by atoms with Crippen LogP contribution in [0.5, 0.6) is 0 Å². The van der Waals surface area contributed by atoms with Crippen molar-refractivity contribution in [1.82, 2.24) is 0 Å². The summed E-state index contributed by atoms with van der Waals surface area (Å²) in [4.78, 5) is 12.4. The molecule has 0 spiro atoms. The summed E-state index contributed by atoms with van der Waals surface area (Å²) >= 11 is 1.57. The van der Waals surface area contributed by atoms with Crippen molar-refractivity contribution in [3.63, 3.8) is 0 Å². The Morgan fingerprint density at radius 3 is 2.62 bits per heavy atom. The summed E-state index contributed by atoms with van der Waals surface area (Å²) in [6, 6.07) is 1.84. The number of aliphatic hydroxyl groups is 1. The van der Waals surface area contributed by atoms with E-state index in [2.05, 4.69) is 0 Å². The molecule has 0 bridgehead atoms. The van der Waals surface area contributed by atoms with E-state index in [4.69, 9.17) is 5.11 Å². The standard InChI is InChI=1S/C9H12O3S/c1-5-3-7(6(2)13-5)8(10)4-9(11)12/h3,8,10H,4H2,1-2H3,(H,11,12)/t8-/m0/s1. The first-order chi connectivity index (χ1) is 6.00. The molecule has 3 nitrogen and oxygen atoms in total. The first-order valence-electron chi connectivity index (χ1n) is 3.97. The van der Waals surface area contributed by atoms with Gasteiger partial charge in [0.25, 0.3) is 0 Å². The molecule has 0 fully saturated rings. The molecule has 0 aliphatic heterocycles. The van der Waals surface area contributed by atoms with Gasteiger partial charge >= 0.3 is 5.97 Å². The minimum absolute atomic E-state index is 0.225. The molecule has 0 aliphatic carbocycles. The van der Waals surface area contributed by atoms with Crippen molar-refractivity contribution in [2.24, 2.45) is 0 Å². The summed E-state index contributed by atoms with van der Waals surface area (Å²) in [5, 5.41) is 18.0. The molecule has 0 unspecified atom stereocenters. The van der Waals surface area contributed by atoms with E-state index in [1.807, 2.05) is 19.9 Å². The number of aliphatic carboxylic acids is 1. The summed E-state index contributed by atoms with van der Waals surface area (Å²) in [5.41, 5.74) is 0.741. The third kappa shape index (κ3) is 2.54. The highest BCUT2D eigenvalue weighted by molar-refractivity contribution is 7.12. The molecule has 0 saturated heterocycles. The maximum Gasteiger partial charge on any atom is 0.306 e. The number of hydrogen-bond donors (Lipinski definition) is 2. The molecule has 1 aromatic heterocycles. The number of carboxylic acids is 1. The van der Waals surface area contributed by atoms with Crippen molar-refractivity contribution in [3.8, 4) is 0 Å². The number of aliphatic hydroxyl groups excluding tert-OH is 1. The van der Waals surface area contributed by atoms with Crippen molar-refractivity contribution < 1.29 is 15.0 Å². The third-order valence-corrected chi connectivity index (χ3v) is 2.79. The van der Waals surface area contributed by atoms with Crippen LogP contribution in [0.3, 0.4) is 0 Å². The Morgan fingerprint density at radius 1 is 1.62 bits per heavy atom. The Hall–Kier alpha value is -0.870. The molecule has 72 valence electrons. The minimum atomic E-state index is -0.976. The zero-order valence-corrected chi connectivity index (χ0v) is 8.39. The SMILES string of the molecule is Cc1cc([C@@H](O)CC(=O)O)c(C)s1. The van der Waals surface area contributed by atoms with Crippen molar-refractivity contribution in [2.75, 3.05) is 0 Å². The summed E-state index contributed by atoms with van der Waals surface area (Å²) < 4.78 is 0. The lowest BCUT2D eigenvalue weighted by Crippen LogP contribution is -2.05. The van der Waals surface area contributed by atoms with E-state index in [1.165, 1.54) is 0 Å². The topological polar surface area (TPSA) is 57.5 Å². The second-order valence-corrected chi connectivity index (χ2v) is 4.44. The molecule has 0 aromatic carbocycles. The van der Waals surface area contributed by atoms with E-state index in [9.17, 15) is 9.90 Å². The van der Waals surface area contributed by atoms with Gasteiger partial charge in [-0.3, -0.25) is 4.79 Å². The van der Waals surface area contributed by atoms with Gasteiger partial charge in [-0.15, -0.1) is 11.3 Å². The average Bonchev–Trinajstić information content (AvgIpc) is 2.28. The molecule has 4 heteroatoms. The molecule has 0 aliphatic rings. The first-order valence-corrected chi connectivity index (χ1v) is 4.79. The van der Waals surface area contributed by atoms with Crippen LogP contribution in [-0.4, -0.2) is 16.2 Å². The van der Waals surface area contributed by atoms with Crippen LogP contribution in [0.4, 0.5) is 0 Å². The molecule has 1 heterocycles. The quantitative estimate of drug-likeness (QED) is 0.783. The van der Waals surface area contributed by atoms with Crippen LogP contribution in [0.25, 0.3) is 0 Å². The van der Waals surface area contributed by atoms with E-state index in [-0.39, 0.29) is 6.42 Å². The molecule has 1 aromatic rings. The van der Waals surface area contributed by atoms with E-state index < -0.39 is 12.1 Å². The first kappa shape index (κ1) is 10.2. The van der Waals surface area contributed by atoms with E-state index >= 15 is 0 Å². The maximum absolute atomic E-state index is 10.3. The lowest BCUT2D eigenvalue weighted by Gasteiger charge is -2.06. The second-order valence-electron chi connectivity index (χ2n) is 2.98. The number of thiophene rings is 1. The van der Waals surface area contributed by atoms with Crippen LogP contribution >= 0.6 is 11.3 Å². The van der Waals surface area contributed by atoms with Gasteiger partial charge < -0.3 is 10.2 Å². The fourth-order valence-corrected chi connectivity index (χ4v) is 2.24. The Labute approximate surface area is 80.6 Å². The molecule has 2 N–H and O–H groups in total. The molecule has 13 heavy (non-hydrogen) atoms. The van der Waals surface area contributed by atoms with Gasteiger partial charge in [0.15, 0.2) is 0 Å². The van der Waals surface area contributed by atoms with E-state index in [1.54, 1.807) is 11.3 Å². The van der Waals surface area contributed by atoms with Crippen LogP contribution in [0.15, 0.2) is 6.07 Å². The lowest BCUT2D eigenvalue weighted by atomic mass is 10.1. The average molecular weight is 200 g/mol. The number of rotatable bonds is 3. The van der Waals surface area contributed by atoms with Crippen molar-refractivity contribution in [2.45, 2.75) is 26.4 Å². The van der Waals surface area contributed by atoms with Gasteiger partial charge in [0.05, 0.1) is 12.5 Å². The van der Waals surface area contributed by atoms with Crippen LogP contribution in [0, 0.1) is 13.8 Å². The fourth-order valence-electron chi connectivity index (χ4n) is 1.26. The maximum atomic E-state index is 10.3. The van der Waals surface area contributed by atoms with Crippen LogP contribution < -0.4 is 0 Å². The summed E-state index contributed by atoms with van der Waals surface area (Å²) in [6.07, 6.45) is -1.10. The Balaban J connectivity index is 2.81. The zero-order valence-electron chi connectivity index (χ0n) is 7.57. The molecule has 0 radical (unpaired) electrons. The van der Waals surface area contributed by atoms with Gasteiger partial charge in [0.1, 0.15) is 0 Å². The van der Waals surface area contributed by atoms with Gasteiger partial charge in [0.2, 0.25) is 0 Å². The lowest BCUT2D eigenvalue weighted by molar-refractivity contribution is -0.139. The molecule has 1 atom stereocenters. The van der Waals surface area contributed by atoms with Gasteiger partial charge in [-0.2, -0.15) is 0 Å². The second kappa shape index (κ2) is 3.89. The molecule has 1 rings (SSSR count). The van der Waals surface area contributed by atoms with Gasteiger partial charge in [0, 0.05) is 9.75 Å². The smallest absolute Gasteiger partial charge is 0.306 e. The predicted molar refractivity (Wildman–Crippen MR) is 51.0 cm³/mol. The molecular weight excluding hydrogens is 188 g/mol. The van der Waals surface area contributed by atoms with Crippen molar-refractivity contribution in [3.05, 3.63) is 21.4 Å². The predicted octanol–water partition coefficient (Wildman–Crippen LogP) is 1.87. The number of carbonyl (C=O) groups is 1. The van der Waals surface area contributed by atoms with Gasteiger partial charge in [-0.05, 0) is 25.5 Å². The fraction of sp³-hybridized carbons (Fsp3) is 0.444. The van der Waals surface area contributed by atoms with E-state index in [0.29, 0.717) is 0 Å². The van der Waals surface area contributed by atoms with Crippen molar-refractivity contribution >= 4 is 17.3 Å². The Morgan fingerprint density at radius 2 is 2.23 bits per heavy atom. The Bertz CT molecular complexity index is 317. The highest BCUT2D eigenvalue weighted by Gasteiger charge is 2.15. The monoisotopic (exact) mass is 200 g/mol. The van der Waals surface area contributed by atoms with Crippen LogP contribution in [-0.2, 0) is 4.79 Å². The third-order valence-electron chi connectivity index (χ3n) is 1.81. The normalized spacial score (nSPS) is 12.8. The minimum Gasteiger partial charge on any atom is -0.481 e. The molecule has 0 saturated carbocycles. The largest absolute Gasteiger partial charge is 0.481 e. The molecular formula is C9H12O3S. The number of hydrogen-bond acceptors (Lipinski definition) is 3. The Kier molecular flexibility index (Phi) is 3.06. The van der Waals surface area contributed by atoms with Crippen LogP contribution in [0.1, 0.15) is 27.8 Å². The number of carboxylic acid groups (broad SMARTS) is 1. The zero-order chi connectivity index (χ0) is 10.0. The van der Waals surface area contributed by atoms with Gasteiger partial charge in [-0.1, -0.05) is 0 Å². The van der Waals surface area contributed by atoms with Crippen molar-refractivity contribution in [1.29, 1.82) is 0 Å². The summed E-state index contributed by atoms with van der Waals surface area (Å²) in [5.74, 6) is -0.976. The van der Waals surface area contributed by atoms with Gasteiger partial charge in [-0.25, -0.2) is 0 Å². The number of aryl methyl sites for hydroxylation is 2. The van der Waals surface area contributed by atoms with E-state index in [0.717, 1.165) is 15.3 Å². The summed E-state index contributed by atoms with van der Waals surface area (Å²) in [7, 11) is 0. The molecule has 0 amide bonds. The van der Waals surface area contributed by atoms with Crippen LogP contribution in [0.2, 0.25) is 0 Å². The summed E-state index contributed by atoms with van der Waals surface area (Å²) in [6.45, 7) is 3.83. The highest BCUT2D eigenvalue weighted by Crippen LogP contribution is 2.27. The highest BCUT2D eigenvalue weighted by atomic mass is 32.1.